The van der Waals surface area contributed by atoms with Crippen LogP contribution in [0.1, 0.15) is 13.3 Å². The Kier molecular flexibility index (Phi) is 4.95. The first-order chi connectivity index (χ1) is 9.27. The minimum Gasteiger partial charge on any atom is -0.480 e. The predicted molar refractivity (Wildman–Crippen MR) is 64.8 cm³/mol. The summed E-state index contributed by atoms with van der Waals surface area (Å²) in [5.74, 6) is -5.75. The number of aliphatic carboxylic acids is 1. The average molecular weight is 290 g/mol. The van der Waals surface area contributed by atoms with Gasteiger partial charge in [-0.1, -0.05) is 6.92 Å². The molecule has 8 heteroatoms. The molecule has 5 nitrogen and oxygen atoms in total. The van der Waals surface area contributed by atoms with Crippen LogP contribution < -0.4 is 5.32 Å². The van der Waals surface area contributed by atoms with Crippen molar-refractivity contribution in [1.82, 2.24) is 4.90 Å². The molecule has 1 rings (SSSR count). The molecule has 0 radical (unpaired) electrons. The summed E-state index contributed by atoms with van der Waals surface area (Å²) < 4.78 is 38.7. The molecule has 0 spiro atoms. The average Bonchev–Trinajstić information content (AvgIpc) is 2.36. The van der Waals surface area contributed by atoms with Crippen LogP contribution in [0.5, 0.6) is 0 Å². The van der Waals surface area contributed by atoms with E-state index in [-0.39, 0.29) is 12.1 Å². The number of halogens is 3. The Morgan fingerprint density at radius 3 is 2.20 bits per heavy atom. The van der Waals surface area contributed by atoms with Crippen LogP contribution in [0, 0.1) is 17.5 Å². The van der Waals surface area contributed by atoms with E-state index >= 15 is 0 Å². The molecule has 0 aromatic heterocycles. The highest BCUT2D eigenvalue weighted by Crippen LogP contribution is 2.18. The van der Waals surface area contributed by atoms with Crippen LogP contribution in [-0.2, 0) is 4.79 Å². The lowest BCUT2D eigenvalue weighted by molar-refractivity contribution is -0.141. The number of carboxylic acids is 1. The van der Waals surface area contributed by atoms with Gasteiger partial charge in [-0.2, -0.15) is 0 Å². The highest BCUT2D eigenvalue weighted by Gasteiger charge is 2.25. The zero-order valence-electron chi connectivity index (χ0n) is 10.8. The van der Waals surface area contributed by atoms with E-state index in [1.165, 1.54) is 7.05 Å². The largest absolute Gasteiger partial charge is 0.480 e. The van der Waals surface area contributed by atoms with Crippen molar-refractivity contribution in [2.24, 2.45) is 0 Å². The Hall–Kier alpha value is -2.25. The first-order valence-electron chi connectivity index (χ1n) is 5.69. The topological polar surface area (TPSA) is 69.6 Å². The second kappa shape index (κ2) is 6.27. The molecule has 0 aliphatic carbocycles. The Labute approximate surface area is 113 Å². The van der Waals surface area contributed by atoms with Gasteiger partial charge in [0.05, 0.1) is 0 Å². The van der Waals surface area contributed by atoms with Crippen LogP contribution in [0.2, 0.25) is 0 Å². The monoisotopic (exact) mass is 290 g/mol. The fraction of sp³-hybridized carbons (Fsp3) is 0.333. The SMILES string of the molecule is CCC(C(=O)O)N(C)C(=O)Nc1cc(F)c(F)c(F)c1. The summed E-state index contributed by atoms with van der Waals surface area (Å²) in [4.78, 5) is 23.5. The van der Waals surface area contributed by atoms with E-state index in [1.807, 2.05) is 0 Å². The first-order valence-corrected chi connectivity index (χ1v) is 5.69. The number of benzene rings is 1. The third kappa shape index (κ3) is 3.40. The molecule has 0 saturated heterocycles. The zero-order chi connectivity index (χ0) is 15.4. The zero-order valence-corrected chi connectivity index (χ0v) is 10.8. The molecule has 0 fully saturated rings. The van der Waals surface area contributed by atoms with E-state index in [0.717, 1.165) is 4.90 Å². The third-order valence-electron chi connectivity index (χ3n) is 2.69. The van der Waals surface area contributed by atoms with Gasteiger partial charge < -0.3 is 15.3 Å². The van der Waals surface area contributed by atoms with Crippen LogP contribution in [0.25, 0.3) is 0 Å². The number of rotatable bonds is 4. The summed E-state index contributed by atoms with van der Waals surface area (Å²) in [7, 11) is 1.23. The molecule has 0 aliphatic rings. The van der Waals surface area contributed by atoms with Crippen LogP contribution >= 0.6 is 0 Å². The number of carbonyl (C=O) groups is 2. The fourth-order valence-corrected chi connectivity index (χ4v) is 1.60. The van der Waals surface area contributed by atoms with Gasteiger partial charge in [0.25, 0.3) is 0 Å². The maximum atomic E-state index is 13.0. The minimum absolute atomic E-state index is 0.158. The van der Waals surface area contributed by atoms with Gasteiger partial charge in [0, 0.05) is 24.9 Å². The summed E-state index contributed by atoms with van der Waals surface area (Å²) >= 11 is 0. The Balaban J connectivity index is 2.88. The number of hydrogen-bond acceptors (Lipinski definition) is 2. The van der Waals surface area contributed by atoms with Crippen molar-refractivity contribution in [1.29, 1.82) is 0 Å². The van der Waals surface area contributed by atoms with Crippen molar-refractivity contribution in [3.8, 4) is 0 Å². The fourth-order valence-electron chi connectivity index (χ4n) is 1.60. The number of carbonyl (C=O) groups excluding carboxylic acids is 1. The Morgan fingerprint density at radius 2 is 1.80 bits per heavy atom. The van der Waals surface area contributed by atoms with Crippen LogP contribution in [0.4, 0.5) is 23.7 Å². The quantitative estimate of drug-likeness (QED) is 0.837. The number of likely N-dealkylation sites (N-methyl/N-ethyl adjacent to an activating group) is 1. The number of carboxylic acid groups (broad SMARTS) is 1. The van der Waals surface area contributed by atoms with Gasteiger partial charge in [0.15, 0.2) is 17.5 Å². The molecule has 110 valence electrons. The second-order valence-electron chi connectivity index (χ2n) is 4.06. The van der Waals surface area contributed by atoms with E-state index in [1.54, 1.807) is 6.92 Å². The van der Waals surface area contributed by atoms with Crippen molar-refractivity contribution in [2.45, 2.75) is 19.4 Å². The van der Waals surface area contributed by atoms with Crippen molar-refractivity contribution in [3.63, 3.8) is 0 Å². The number of urea groups is 1. The maximum absolute atomic E-state index is 13.0. The molecule has 1 aromatic carbocycles. The van der Waals surface area contributed by atoms with E-state index in [2.05, 4.69) is 5.32 Å². The summed E-state index contributed by atoms with van der Waals surface area (Å²) in [5, 5.41) is 11.0. The van der Waals surface area contributed by atoms with Gasteiger partial charge in [-0.25, -0.2) is 22.8 Å². The van der Waals surface area contributed by atoms with E-state index in [4.69, 9.17) is 5.11 Å². The molecule has 0 saturated carbocycles. The number of hydrogen-bond donors (Lipinski definition) is 2. The van der Waals surface area contributed by atoms with Gasteiger partial charge in [0.2, 0.25) is 0 Å². The van der Waals surface area contributed by atoms with Crippen LogP contribution in [-0.4, -0.2) is 35.1 Å². The molecule has 2 amide bonds. The van der Waals surface area contributed by atoms with Crippen molar-refractivity contribution in [3.05, 3.63) is 29.6 Å². The van der Waals surface area contributed by atoms with Gasteiger partial charge in [-0.05, 0) is 6.42 Å². The summed E-state index contributed by atoms with van der Waals surface area (Å²) in [6.07, 6.45) is 0.158. The van der Waals surface area contributed by atoms with E-state index < -0.39 is 35.5 Å². The molecule has 20 heavy (non-hydrogen) atoms. The lowest BCUT2D eigenvalue weighted by Gasteiger charge is -2.24. The molecular formula is C12H13F3N2O3. The molecular weight excluding hydrogens is 277 g/mol. The first kappa shape index (κ1) is 15.8. The summed E-state index contributed by atoms with van der Waals surface area (Å²) in [5.41, 5.74) is -0.307. The van der Waals surface area contributed by atoms with E-state index in [0.29, 0.717) is 12.1 Å². The molecule has 1 aromatic rings. The molecule has 1 atom stereocenters. The van der Waals surface area contributed by atoms with Gasteiger partial charge in [-0.15, -0.1) is 0 Å². The molecule has 2 N–H and O–H groups in total. The maximum Gasteiger partial charge on any atom is 0.326 e. The molecule has 0 heterocycles. The number of amides is 2. The Morgan fingerprint density at radius 1 is 1.30 bits per heavy atom. The molecule has 0 aliphatic heterocycles. The lowest BCUT2D eigenvalue weighted by Crippen LogP contribution is -2.44. The number of nitrogens with one attached hydrogen (secondary N) is 1. The standard InChI is InChI=1S/C12H13F3N2O3/c1-3-9(11(18)19)17(2)12(20)16-6-4-7(13)10(15)8(14)5-6/h4-5,9H,3H2,1-2H3,(H,16,20)(H,18,19). The molecule has 0 bridgehead atoms. The number of anilines is 1. The van der Waals surface area contributed by atoms with Crippen molar-refractivity contribution < 1.29 is 27.9 Å². The normalized spacial score (nSPS) is 11.8. The van der Waals surface area contributed by atoms with Gasteiger partial charge in [-0.3, -0.25) is 0 Å². The van der Waals surface area contributed by atoms with Gasteiger partial charge in [0.1, 0.15) is 6.04 Å². The van der Waals surface area contributed by atoms with Crippen molar-refractivity contribution >= 4 is 17.7 Å². The van der Waals surface area contributed by atoms with E-state index in [9.17, 15) is 22.8 Å². The van der Waals surface area contributed by atoms with Gasteiger partial charge >= 0.3 is 12.0 Å². The summed E-state index contributed by atoms with van der Waals surface area (Å²) in [6, 6.07) is -0.743. The highest BCUT2D eigenvalue weighted by molar-refractivity contribution is 5.92. The van der Waals surface area contributed by atoms with Crippen LogP contribution in [0.3, 0.4) is 0 Å². The number of nitrogens with zero attached hydrogens (tertiary/aromatic N) is 1. The smallest absolute Gasteiger partial charge is 0.326 e. The van der Waals surface area contributed by atoms with Crippen molar-refractivity contribution in [2.75, 3.05) is 12.4 Å². The minimum atomic E-state index is -1.65. The highest BCUT2D eigenvalue weighted by atomic mass is 19.2. The Bertz CT molecular complexity index is 514. The second-order valence-corrected chi connectivity index (χ2v) is 4.06. The lowest BCUT2D eigenvalue weighted by atomic mass is 10.2. The third-order valence-corrected chi connectivity index (χ3v) is 2.69. The summed E-state index contributed by atoms with van der Waals surface area (Å²) in [6.45, 7) is 1.57. The van der Waals surface area contributed by atoms with Crippen LogP contribution in [0.15, 0.2) is 12.1 Å². The predicted octanol–water partition coefficient (Wildman–Crippen LogP) is 2.43. The molecule has 1 unspecified atom stereocenters.